The van der Waals surface area contributed by atoms with Crippen LogP contribution in [0.1, 0.15) is 54.0 Å². The zero-order valence-electron chi connectivity index (χ0n) is 26.9. The first-order chi connectivity index (χ1) is 20.7. The average Bonchev–Trinajstić information content (AvgIpc) is 2.94. The Balaban J connectivity index is 0.00000227. The molecule has 0 aromatic heterocycles. The van der Waals surface area contributed by atoms with Crippen molar-refractivity contribution < 1.29 is 24.4 Å². The summed E-state index contributed by atoms with van der Waals surface area (Å²) in [4.78, 5) is 47.8. The summed E-state index contributed by atoms with van der Waals surface area (Å²) in [5, 5.41) is 30.1. The molecule has 12 heteroatoms. The largest absolute Gasteiger partial charge is 0.390 e. The SMILES string of the molecule is CC(C)C.CC(C)CN(CC(O)C(Cc1ccccc1)NC(=O)CNC(=O)CNC(=O)C(C)C)Sc1ccc([N+](=O)[O-])cc1. The number of carbonyl (C=O) groups excluding carboxylic acids is 3. The van der Waals surface area contributed by atoms with Crippen molar-refractivity contribution in [2.24, 2.45) is 17.8 Å². The van der Waals surface area contributed by atoms with Crippen LogP contribution in [-0.2, 0) is 20.8 Å². The van der Waals surface area contributed by atoms with Gasteiger partial charge in [-0.25, -0.2) is 4.31 Å². The highest BCUT2D eigenvalue weighted by atomic mass is 32.2. The highest BCUT2D eigenvalue weighted by Crippen LogP contribution is 2.26. The number of hydrogen-bond donors (Lipinski definition) is 4. The molecule has 2 unspecified atom stereocenters. The van der Waals surface area contributed by atoms with Crippen LogP contribution < -0.4 is 16.0 Å². The summed E-state index contributed by atoms with van der Waals surface area (Å²) in [7, 11) is 0. The van der Waals surface area contributed by atoms with E-state index in [4.69, 9.17) is 0 Å². The normalized spacial score (nSPS) is 12.4. The fourth-order valence-electron chi connectivity index (χ4n) is 3.69. The maximum Gasteiger partial charge on any atom is 0.269 e. The molecule has 0 aliphatic rings. The second-order valence-corrected chi connectivity index (χ2v) is 13.1. The third kappa shape index (κ3) is 17.0. The molecular weight excluding hydrogens is 582 g/mol. The number of aliphatic hydroxyl groups is 1. The van der Waals surface area contributed by atoms with E-state index in [0.717, 1.165) is 16.4 Å². The number of aliphatic hydroxyl groups excluding tert-OH is 1. The van der Waals surface area contributed by atoms with Crippen molar-refractivity contribution in [3.63, 3.8) is 0 Å². The van der Waals surface area contributed by atoms with Crippen LogP contribution in [0.4, 0.5) is 5.69 Å². The predicted molar refractivity (Wildman–Crippen MR) is 175 cm³/mol. The Hall–Kier alpha value is -3.48. The summed E-state index contributed by atoms with van der Waals surface area (Å²) >= 11 is 1.38. The number of rotatable bonds is 16. The Morgan fingerprint density at radius 1 is 0.864 bits per heavy atom. The van der Waals surface area contributed by atoms with Crippen LogP contribution in [0.5, 0.6) is 0 Å². The number of hydrogen-bond acceptors (Lipinski definition) is 8. The van der Waals surface area contributed by atoms with Gasteiger partial charge in [0.05, 0.1) is 30.2 Å². The van der Waals surface area contributed by atoms with Gasteiger partial charge in [0.2, 0.25) is 17.7 Å². The van der Waals surface area contributed by atoms with Crippen molar-refractivity contribution in [3.8, 4) is 0 Å². The van der Waals surface area contributed by atoms with Crippen molar-refractivity contribution in [2.45, 2.75) is 71.9 Å². The second-order valence-electron chi connectivity index (χ2n) is 11.9. The summed E-state index contributed by atoms with van der Waals surface area (Å²) < 4.78 is 1.97. The third-order valence-electron chi connectivity index (χ3n) is 5.74. The summed E-state index contributed by atoms with van der Waals surface area (Å²) in [5.74, 6) is -0.381. The van der Waals surface area contributed by atoms with Crippen molar-refractivity contribution in [1.82, 2.24) is 20.3 Å². The minimum atomic E-state index is -0.963. The molecule has 0 fully saturated rings. The van der Waals surface area contributed by atoms with Crippen LogP contribution in [0.15, 0.2) is 59.5 Å². The van der Waals surface area contributed by atoms with E-state index < -0.39 is 28.9 Å². The molecule has 3 amide bonds. The molecule has 0 radical (unpaired) electrons. The lowest BCUT2D eigenvalue weighted by Gasteiger charge is -2.30. The summed E-state index contributed by atoms with van der Waals surface area (Å²) in [6.07, 6.45) is -0.599. The Morgan fingerprint density at radius 3 is 1.95 bits per heavy atom. The van der Waals surface area contributed by atoms with Crippen molar-refractivity contribution >= 4 is 35.4 Å². The maximum atomic E-state index is 12.7. The third-order valence-corrected chi connectivity index (χ3v) is 6.78. The molecule has 2 aromatic carbocycles. The van der Waals surface area contributed by atoms with Gasteiger partial charge in [0.15, 0.2) is 0 Å². The zero-order chi connectivity index (χ0) is 33.2. The molecule has 2 aromatic rings. The molecule has 0 aliphatic carbocycles. The maximum absolute atomic E-state index is 12.7. The number of amides is 3. The van der Waals surface area contributed by atoms with Crippen molar-refractivity contribution in [1.29, 1.82) is 0 Å². The van der Waals surface area contributed by atoms with E-state index in [0.29, 0.717) is 13.0 Å². The highest BCUT2D eigenvalue weighted by Gasteiger charge is 2.25. The van der Waals surface area contributed by atoms with Gasteiger partial charge >= 0.3 is 0 Å². The van der Waals surface area contributed by atoms with Crippen LogP contribution in [0.3, 0.4) is 0 Å². The van der Waals surface area contributed by atoms with E-state index in [9.17, 15) is 29.6 Å². The quantitative estimate of drug-likeness (QED) is 0.122. The monoisotopic (exact) mass is 631 g/mol. The summed E-state index contributed by atoms with van der Waals surface area (Å²) in [5.41, 5.74) is 0.922. The van der Waals surface area contributed by atoms with Crippen LogP contribution >= 0.6 is 11.9 Å². The second kappa shape index (κ2) is 20.5. The number of non-ortho nitro benzene ring substituents is 1. The minimum Gasteiger partial charge on any atom is -0.390 e. The molecule has 2 atom stereocenters. The van der Waals surface area contributed by atoms with Crippen molar-refractivity contribution in [2.75, 3.05) is 26.2 Å². The molecule has 0 saturated carbocycles. The van der Waals surface area contributed by atoms with Crippen LogP contribution in [-0.4, -0.2) is 70.4 Å². The Bertz CT molecular complexity index is 1160. The molecule has 0 spiro atoms. The van der Waals surface area contributed by atoms with E-state index in [2.05, 4.69) is 36.7 Å². The van der Waals surface area contributed by atoms with Gasteiger partial charge in [-0.2, -0.15) is 0 Å². The minimum absolute atomic E-state index is 0.000162. The topological polar surface area (TPSA) is 154 Å². The number of carbonyl (C=O) groups is 3. The molecular formula is C32H49N5O6S. The lowest BCUT2D eigenvalue weighted by atomic mass is 10.0. The summed E-state index contributed by atoms with van der Waals surface area (Å²) in [6, 6.07) is 15.0. The fourth-order valence-corrected chi connectivity index (χ4v) is 4.85. The van der Waals surface area contributed by atoms with Crippen molar-refractivity contribution in [3.05, 3.63) is 70.3 Å². The van der Waals surface area contributed by atoms with Crippen LogP contribution in [0.2, 0.25) is 0 Å². The van der Waals surface area contributed by atoms with Gasteiger partial charge in [0, 0.05) is 36.0 Å². The lowest BCUT2D eigenvalue weighted by Crippen LogP contribution is -2.51. The lowest BCUT2D eigenvalue weighted by molar-refractivity contribution is -0.384. The Kier molecular flexibility index (Phi) is 17.9. The van der Waals surface area contributed by atoms with E-state index in [-0.39, 0.29) is 43.1 Å². The van der Waals surface area contributed by atoms with E-state index >= 15 is 0 Å². The number of nitro benzene ring substituents is 1. The fraction of sp³-hybridized carbons (Fsp3) is 0.531. The molecule has 244 valence electrons. The first-order valence-corrected chi connectivity index (χ1v) is 15.7. The smallest absolute Gasteiger partial charge is 0.269 e. The molecule has 0 heterocycles. The molecule has 44 heavy (non-hydrogen) atoms. The van der Waals surface area contributed by atoms with E-state index in [1.807, 2.05) is 48.5 Å². The molecule has 0 aliphatic heterocycles. The zero-order valence-corrected chi connectivity index (χ0v) is 27.7. The van der Waals surface area contributed by atoms with Crippen LogP contribution in [0.25, 0.3) is 0 Å². The van der Waals surface area contributed by atoms with Gasteiger partial charge in [0.1, 0.15) is 0 Å². The molecule has 0 bridgehead atoms. The molecule has 0 saturated heterocycles. The Morgan fingerprint density at radius 2 is 1.43 bits per heavy atom. The molecule has 4 N–H and O–H groups in total. The average molecular weight is 632 g/mol. The van der Waals surface area contributed by atoms with E-state index in [1.54, 1.807) is 26.0 Å². The number of nitro groups is 1. The predicted octanol–water partition coefficient (Wildman–Crippen LogP) is 4.20. The number of nitrogens with zero attached hydrogens (tertiary/aromatic N) is 2. The highest BCUT2D eigenvalue weighted by molar-refractivity contribution is 7.97. The van der Waals surface area contributed by atoms with Gasteiger partial charge in [-0.1, -0.05) is 78.8 Å². The number of benzene rings is 2. The van der Waals surface area contributed by atoms with Gasteiger partial charge in [-0.15, -0.1) is 0 Å². The van der Waals surface area contributed by atoms with Crippen LogP contribution in [0, 0.1) is 27.9 Å². The molecule has 11 nitrogen and oxygen atoms in total. The van der Waals surface area contributed by atoms with Gasteiger partial charge in [-0.05, 0) is 47.9 Å². The first-order valence-electron chi connectivity index (χ1n) is 14.9. The number of nitrogens with one attached hydrogen (secondary N) is 3. The van der Waals surface area contributed by atoms with Gasteiger partial charge in [0.25, 0.3) is 5.69 Å². The Labute approximate surface area is 265 Å². The van der Waals surface area contributed by atoms with Gasteiger partial charge in [-0.3, -0.25) is 24.5 Å². The first kappa shape index (κ1) is 38.5. The van der Waals surface area contributed by atoms with Gasteiger partial charge < -0.3 is 21.1 Å². The standard InChI is InChI=1S/C28H39N5O6S.C4H10/c1-19(2)17-32(40-23-12-10-22(11-13-23)33(38)39)18-25(34)24(14-21-8-6-5-7-9-21)31-27(36)16-29-26(35)15-30-28(37)20(3)4;1-4(2)3/h5-13,19-20,24-25,34H,14-18H2,1-4H3,(H,29,35)(H,30,37)(H,31,36);4H,1-3H3. The molecule has 2 rings (SSSR count). The summed E-state index contributed by atoms with van der Waals surface area (Å²) in [6.45, 7) is 14.3. The van der Waals surface area contributed by atoms with E-state index in [1.165, 1.54) is 24.1 Å².